The number of fused-ring (bicyclic) bond motifs is 1. The summed E-state index contributed by atoms with van der Waals surface area (Å²) in [5.74, 6) is 0.653. The molecule has 0 bridgehead atoms. The van der Waals surface area contributed by atoms with E-state index in [0.717, 1.165) is 5.56 Å². The predicted molar refractivity (Wildman–Crippen MR) is 139 cm³/mol. The predicted octanol–water partition coefficient (Wildman–Crippen LogP) is 5.38. The van der Waals surface area contributed by atoms with Crippen molar-refractivity contribution >= 4 is 51.7 Å². The van der Waals surface area contributed by atoms with Crippen molar-refractivity contribution in [2.75, 3.05) is 19.2 Å². The topological polar surface area (TPSA) is 89.5 Å². The number of benzene rings is 3. The summed E-state index contributed by atoms with van der Waals surface area (Å²) in [6.45, 7) is 0.353. The first-order chi connectivity index (χ1) is 17.9. The van der Waals surface area contributed by atoms with Gasteiger partial charge in [-0.25, -0.2) is 9.38 Å². The van der Waals surface area contributed by atoms with Crippen molar-refractivity contribution in [2.45, 2.75) is 18.2 Å². The summed E-state index contributed by atoms with van der Waals surface area (Å²) in [4.78, 5) is 32.4. The Morgan fingerprint density at radius 2 is 1.95 bits per heavy atom. The van der Waals surface area contributed by atoms with Crippen molar-refractivity contribution < 1.29 is 28.2 Å². The van der Waals surface area contributed by atoms with Crippen LogP contribution in [-0.4, -0.2) is 41.0 Å². The summed E-state index contributed by atoms with van der Waals surface area (Å²) in [5.41, 5.74) is 1.70. The lowest BCUT2D eigenvalue weighted by Gasteiger charge is -2.17. The second-order valence-electron chi connectivity index (χ2n) is 8.19. The van der Waals surface area contributed by atoms with E-state index in [0.29, 0.717) is 38.8 Å². The molecule has 3 aromatic carbocycles. The number of rotatable bonds is 7. The Kier molecular flexibility index (Phi) is 7.20. The molecular weight excluding hydrogens is 521 g/mol. The third-order valence-electron chi connectivity index (χ3n) is 5.66. The molecule has 1 saturated heterocycles. The first kappa shape index (κ1) is 24.9. The largest absolute Gasteiger partial charge is 0.495 e. The van der Waals surface area contributed by atoms with Gasteiger partial charge in [-0.05, 0) is 60.2 Å². The zero-order valence-electron chi connectivity index (χ0n) is 19.6. The summed E-state index contributed by atoms with van der Waals surface area (Å²) in [6.07, 6.45) is -0.0980. The van der Waals surface area contributed by atoms with E-state index in [9.17, 15) is 14.0 Å². The average Bonchev–Trinajstić information content (AvgIpc) is 3.45. The van der Waals surface area contributed by atoms with Crippen LogP contribution in [0.4, 0.5) is 15.8 Å². The number of carbonyl (C=O) groups excluding carboxylic acids is 2. The number of carbonyl (C=O) groups is 2. The molecule has 2 amide bonds. The van der Waals surface area contributed by atoms with Gasteiger partial charge < -0.3 is 19.5 Å². The number of amides is 2. The number of hydrogen-bond donors (Lipinski definition) is 1. The van der Waals surface area contributed by atoms with Crippen molar-refractivity contribution in [1.29, 1.82) is 0 Å². The molecule has 0 unspecified atom stereocenters. The minimum Gasteiger partial charge on any atom is -0.495 e. The molecule has 190 valence electrons. The SMILES string of the molecule is COc1ccc(Cl)cc1NC(=O)C[C@H]1SC(=Nc2ccc(F)cc2)N(Cc2ccc3c(c2)OCO3)C1=O. The van der Waals surface area contributed by atoms with Crippen LogP contribution in [0.1, 0.15) is 12.0 Å². The lowest BCUT2D eigenvalue weighted by atomic mass is 10.1. The maximum atomic E-state index is 13.4. The van der Waals surface area contributed by atoms with Crippen LogP contribution in [0.2, 0.25) is 5.02 Å². The number of thioether (sulfide) groups is 1. The normalized spacial score (nSPS) is 17.4. The Morgan fingerprint density at radius 1 is 1.16 bits per heavy atom. The van der Waals surface area contributed by atoms with Crippen LogP contribution < -0.4 is 19.5 Å². The van der Waals surface area contributed by atoms with Gasteiger partial charge in [0.1, 0.15) is 16.8 Å². The summed E-state index contributed by atoms with van der Waals surface area (Å²) in [6, 6.07) is 16.0. The molecule has 2 aliphatic rings. The van der Waals surface area contributed by atoms with E-state index in [1.165, 1.54) is 48.0 Å². The minimum atomic E-state index is -0.710. The van der Waals surface area contributed by atoms with E-state index in [4.69, 9.17) is 25.8 Å². The fourth-order valence-electron chi connectivity index (χ4n) is 3.87. The quantitative estimate of drug-likeness (QED) is 0.432. The number of anilines is 1. The van der Waals surface area contributed by atoms with E-state index in [-0.39, 0.29) is 37.4 Å². The van der Waals surface area contributed by atoms with Crippen molar-refractivity contribution in [2.24, 2.45) is 4.99 Å². The molecule has 2 aliphatic heterocycles. The summed E-state index contributed by atoms with van der Waals surface area (Å²) in [5, 5.41) is 2.90. The molecule has 11 heteroatoms. The molecule has 5 rings (SSSR count). The van der Waals surface area contributed by atoms with Gasteiger partial charge in [-0.1, -0.05) is 29.4 Å². The van der Waals surface area contributed by atoms with Gasteiger partial charge in [-0.3, -0.25) is 14.5 Å². The van der Waals surface area contributed by atoms with Crippen LogP contribution in [0, 0.1) is 5.82 Å². The zero-order valence-corrected chi connectivity index (χ0v) is 21.1. The standard InChI is InChI=1S/C26H21ClFN3O5S/c1-34-20-9-3-16(27)11-19(20)30-24(32)12-23-25(33)31(13-15-2-8-21-22(10-15)36-14-35-21)26(37-23)29-18-6-4-17(28)5-7-18/h2-11,23H,12-14H2,1H3,(H,30,32)/t23-/m1/s1. The summed E-state index contributed by atoms with van der Waals surface area (Å²) >= 11 is 7.24. The van der Waals surface area contributed by atoms with E-state index in [1.807, 2.05) is 6.07 Å². The Labute approximate surface area is 221 Å². The van der Waals surface area contributed by atoms with E-state index in [1.54, 1.807) is 30.3 Å². The highest BCUT2D eigenvalue weighted by Gasteiger charge is 2.39. The number of halogens is 2. The zero-order chi connectivity index (χ0) is 25.9. The number of hydrogen-bond acceptors (Lipinski definition) is 7. The Bertz CT molecular complexity index is 1390. The lowest BCUT2D eigenvalue weighted by molar-refractivity contribution is -0.128. The summed E-state index contributed by atoms with van der Waals surface area (Å²) < 4.78 is 29.5. The molecule has 1 N–H and O–H groups in total. The molecule has 0 aliphatic carbocycles. The molecule has 2 heterocycles. The number of ether oxygens (including phenoxy) is 3. The van der Waals surface area contributed by atoms with Crippen LogP contribution in [0.15, 0.2) is 65.7 Å². The van der Waals surface area contributed by atoms with E-state index < -0.39 is 5.25 Å². The smallest absolute Gasteiger partial charge is 0.242 e. The highest BCUT2D eigenvalue weighted by Crippen LogP contribution is 2.36. The van der Waals surface area contributed by atoms with Crippen LogP contribution >= 0.6 is 23.4 Å². The number of nitrogens with zero attached hydrogens (tertiary/aromatic N) is 2. The lowest BCUT2D eigenvalue weighted by Crippen LogP contribution is -2.33. The molecule has 1 fully saturated rings. The number of methoxy groups -OCH3 is 1. The summed E-state index contributed by atoms with van der Waals surface area (Å²) in [7, 11) is 1.49. The Hall–Kier alpha value is -3.76. The third kappa shape index (κ3) is 5.65. The van der Waals surface area contributed by atoms with Crippen molar-refractivity contribution in [3.05, 3.63) is 77.1 Å². The van der Waals surface area contributed by atoms with Crippen LogP contribution in [0.25, 0.3) is 0 Å². The van der Waals surface area contributed by atoms with Gasteiger partial charge in [0.15, 0.2) is 16.7 Å². The van der Waals surface area contributed by atoms with Gasteiger partial charge in [0.05, 0.1) is 25.0 Å². The van der Waals surface area contributed by atoms with Gasteiger partial charge in [-0.2, -0.15) is 0 Å². The molecule has 0 spiro atoms. The van der Waals surface area contributed by atoms with Crippen molar-refractivity contribution in [1.82, 2.24) is 4.90 Å². The fraction of sp³-hybridized carbons (Fsp3) is 0.192. The number of amidine groups is 1. The maximum Gasteiger partial charge on any atom is 0.242 e. The molecule has 37 heavy (non-hydrogen) atoms. The minimum absolute atomic E-state index is 0.0980. The average molecular weight is 542 g/mol. The molecular formula is C26H21ClFN3O5S. The van der Waals surface area contributed by atoms with E-state index in [2.05, 4.69) is 10.3 Å². The highest BCUT2D eigenvalue weighted by atomic mass is 35.5. The van der Waals surface area contributed by atoms with Gasteiger partial charge in [0.25, 0.3) is 0 Å². The highest BCUT2D eigenvalue weighted by molar-refractivity contribution is 8.15. The number of aliphatic imine (C=N–C) groups is 1. The number of nitrogens with one attached hydrogen (secondary N) is 1. The van der Waals surface area contributed by atoms with Gasteiger partial charge in [0, 0.05) is 11.4 Å². The van der Waals surface area contributed by atoms with Crippen LogP contribution in [0.3, 0.4) is 0 Å². The van der Waals surface area contributed by atoms with Crippen LogP contribution in [-0.2, 0) is 16.1 Å². The third-order valence-corrected chi connectivity index (χ3v) is 7.07. The van der Waals surface area contributed by atoms with E-state index >= 15 is 0 Å². The van der Waals surface area contributed by atoms with Crippen molar-refractivity contribution in [3.63, 3.8) is 0 Å². The molecule has 3 aromatic rings. The molecule has 0 saturated carbocycles. The van der Waals surface area contributed by atoms with Crippen molar-refractivity contribution in [3.8, 4) is 17.2 Å². The molecule has 0 radical (unpaired) electrons. The molecule has 0 aromatic heterocycles. The second kappa shape index (κ2) is 10.7. The van der Waals surface area contributed by atoms with Gasteiger partial charge in [-0.15, -0.1) is 0 Å². The molecule has 8 nitrogen and oxygen atoms in total. The fourth-order valence-corrected chi connectivity index (χ4v) is 5.20. The second-order valence-corrected chi connectivity index (χ2v) is 9.79. The van der Waals surface area contributed by atoms with Gasteiger partial charge >= 0.3 is 0 Å². The first-order valence-electron chi connectivity index (χ1n) is 11.2. The Morgan fingerprint density at radius 3 is 2.73 bits per heavy atom. The monoisotopic (exact) mass is 541 g/mol. The molecule has 1 atom stereocenters. The van der Waals surface area contributed by atoms with Crippen LogP contribution in [0.5, 0.6) is 17.2 Å². The Balaban J connectivity index is 1.37. The van der Waals surface area contributed by atoms with Gasteiger partial charge in [0.2, 0.25) is 18.6 Å². The maximum absolute atomic E-state index is 13.4. The first-order valence-corrected chi connectivity index (χ1v) is 12.5.